The molecule has 0 aliphatic rings. The topological polar surface area (TPSA) is 86.7 Å². The lowest BCUT2D eigenvalue weighted by Crippen LogP contribution is -2.36. The number of hydrogen-bond donors (Lipinski definition) is 0. The third kappa shape index (κ3) is 6.00. The molecular formula is C11H20O6S. The van der Waals surface area contributed by atoms with Crippen LogP contribution in [-0.4, -0.2) is 44.1 Å². The largest absolute Gasteiger partial charge is 0.469 e. The SMILES string of the molecule is COC(=O)CCS(=O)(=O)C(C)C(=O)OC(C)(C)C. The van der Waals surface area contributed by atoms with Crippen molar-refractivity contribution in [3.63, 3.8) is 0 Å². The normalized spacial score (nSPS) is 13.8. The van der Waals surface area contributed by atoms with Crippen LogP contribution in [0.1, 0.15) is 34.1 Å². The molecule has 106 valence electrons. The van der Waals surface area contributed by atoms with Gasteiger partial charge in [-0.05, 0) is 27.7 Å². The maximum atomic E-state index is 11.8. The molecule has 0 bridgehead atoms. The molecule has 0 aromatic carbocycles. The van der Waals surface area contributed by atoms with Crippen LogP contribution in [0, 0.1) is 0 Å². The molecule has 0 aromatic heterocycles. The Morgan fingerprint density at radius 3 is 2.11 bits per heavy atom. The van der Waals surface area contributed by atoms with Gasteiger partial charge in [-0.3, -0.25) is 9.59 Å². The minimum absolute atomic E-state index is 0.272. The van der Waals surface area contributed by atoms with Gasteiger partial charge >= 0.3 is 11.9 Å². The molecule has 0 aliphatic heterocycles. The lowest BCUT2D eigenvalue weighted by molar-refractivity contribution is -0.154. The standard InChI is InChI=1S/C11H20O6S/c1-8(10(13)17-11(2,3)4)18(14,15)7-6-9(12)16-5/h8H,6-7H2,1-5H3. The average molecular weight is 280 g/mol. The van der Waals surface area contributed by atoms with Crippen LogP contribution in [-0.2, 0) is 28.9 Å². The molecule has 0 spiro atoms. The van der Waals surface area contributed by atoms with E-state index in [9.17, 15) is 18.0 Å². The smallest absolute Gasteiger partial charge is 0.324 e. The fraction of sp³-hybridized carbons (Fsp3) is 0.818. The van der Waals surface area contributed by atoms with Crippen LogP contribution in [0.5, 0.6) is 0 Å². The van der Waals surface area contributed by atoms with Crippen molar-refractivity contribution >= 4 is 21.8 Å². The molecule has 1 unspecified atom stereocenters. The van der Waals surface area contributed by atoms with Crippen LogP contribution < -0.4 is 0 Å². The van der Waals surface area contributed by atoms with Gasteiger partial charge in [0.15, 0.2) is 15.1 Å². The lowest BCUT2D eigenvalue weighted by atomic mass is 10.2. The van der Waals surface area contributed by atoms with E-state index in [0.29, 0.717) is 0 Å². The second-order valence-corrected chi connectivity index (χ2v) is 7.31. The molecule has 0 aliphatic carbocycles. The third-order valence-electron chi connectivity index (χ3n) is 2.10. The lowest BCUT2D eigenvalue weighted by Gasteiger charge is -2.22. The first-order chi connectivity index (χ1) is 7.99. The Bertz CT molecular complexity index is 404. The Labute approximate surface area is 108 Å². The second kappa shape index (κ2) is 6.17. The van der Waals surface area contributed by atoms with E-state index in [4.69, 9.17) is 4.74 Å². The highest BCUT2D eigenvalue weighted by atomic mass is 32.2. The molecule has 0 saturated heterocycles. The van der Waals surface area contributed by atoms with Crippen molar-refractivity contribution in [2.45, 2.75) is 45.0 Å². The molecule has 0 N–H and O–H groups in total. The van der Waals surface area contributed by atoms with Gasteiger partial charge in [0.05, 0.1) is 19.3 Å². The van der Waals surface area contributed by atoms with Crippen LogP contribution in [0.15, 0.2) is 0 Å². The molecule has 0 saturated carbocycles. The van der Waals surface area contributed by atoms with E-state index in [1.165, 1.54) is 14.0 Å². The molecule has 0 heterocycles. The number of carbonyl (C=O) groups excluding carboxylic acids is 2. The number of hydrogen-bond acceptors (Lipinski definition) is 6. The molecule has 7 heteroatoms. The summed E-state index contributed by atoms with van der Waals surface area (Å²) in [6, 6.07) is 0. The summed E-state index contributed by atoms with van der Waals surface area (Å²) in [4.78, 5) is 22.5. The van der Waals surface area contributed by atoms with Gasteiger partial charge in [-0.1, -0.05) is 0 Å². The number of sulfone groups is 1. The summed E-state index contributed by atoms with van der Waals surface area (Å²) >= 11 is 0. The highest BCUT2D eigenvalue weighted by molar-refractivity contribution is 7.92. The van der Waals surface area contributed by atoms with E-state index in [-0.39, 0.29) is 6.42 Å². The second-order valence-electron chi connectivity index (χ2n) is 4.87. The van der Waals surface area contributed by atoms with Crippen LogP contribution in [0.2, 0.25) is 0 Å². The molecule has 6 nitrogen and oxygen atoms in total. The first kappa shape index (κ1) is 16.9. The first-order valence-corrected chi connectivity index (χ1v) is 7.22. The zero-order valence-electron chi connectivity index (χ0n) is 11.3. The number of carbonyl (C=O) groups is 2. The maximum Gasteiger partial charge on any atom is 0.324 e. The van der Waals surface area contributed by atoms with E-state index >= 15 is 0 Å². The van der Waals surface area contributed by atoms with Crippen LogP contribution in [0.4, 0.5) is 0 Å². The van der Waals surface area contributed by atoms with Crippen molar-refractivity contribution in [1.82, 2.24) is 0 Å². The summed E-state index contributed by atoms with van der Waals surface area (Å²) in [5.41, 5.74) is -0.747. The maximum absolute atomic E-state index is 11.8. The van der Waals surface area contributed by atoms with Gasteiger partial charge in [0.1, 0.15) is 5.60 Å². The Hall–Kier alpha value is -1.11. The Balaban J connectivity index is 4.61. The highest BCUT2D eigenvalue weighted by Gasteiger charge is 2.32. The van der Waals surface area contributed by atoms with E-state index in [1.807, 2.05) is 0 Å². The van der Waals surface area contributed by atoms with Crippen molar-refractivity contribution in [3.8, 4) is 0 Å². The zero-order chi connectivity index (χ0) is 14.6. The molecule has 0 rings (SSSR count). The summed E-state index contributed by atoms with van der Waals surface area (Å²) in [6.07, 6.45) is -0.272. The van der Waals surface area contributed by atoms with Crippen molar-refractivity contribution in [3.05, 3.63) is 0 Å². The van der Waals surface area contributed by atoms with Gasteiger partial charge in [-0.25, -0.2) is 8.42 Å². The van der Waals surface area contributed by atoms with Gasteiger partial charge in [-0.15, -0.1) is 0 Å². The van der Waals surface area contributed by atoms with Crippen molar-refractivity contribution in [2.24, 2.45) is 0 Å². The molecule has 0 aromatic rings. The van der Waals surface area contributed by atoms with Gasteiger partial charge in [0.25, 0.3) is 0 Å². The summed E-state index contributed by atoms with van der Waals surface area (Å²) in [7, 11) is -2.54. The summed E-state index contributed by atoms with van der Waals surface area (Å²) in [6.45, 7) is 6.21. The van der Waals surface area contributed by atoms with Gasteiger partial charge in [-0.2, -0.15) is 0 Å². The van der Waals surface area contributed by atoms with Crippen LogP contribution in [0.3, 0.4) is 0 Å². The van der Waals surface area contributed by atoms with Crippen molar-refractivity contribution in [2.75, 3.05) is 12.9 Å². The molecule has 0 amide bonds. The van der Waals surface area contributed by atoms with Gasteiger partial charge < -0.3 is 9.47 Å². The van der Waals surface area contributed by atoms with Crippen molar-refractivity contribution in [1.29, 1.82) is 0 Å². The fourth-order valence-corrected chi connectivity index (χ4v) is 2.18. The van der Waals surface area contributed by atoms with E-state index in [2.05, 4.69) is 4.74 Å². The first-order valence-electron chi connectivity index (χ1n) is 5.51. The zero-order valence-corrected chi connectivity index (χ0v) is 12.2. The summed E-state index contributed by atoms with van der Waals surface area (Å²) in [5, 5.41) is -1.29. The Morgan fingerprint density at radius 2 is 1.72 bits per heavy atom. The van der Waals surface area contributed by atoms with E-state index in [0.717, 1.165) is 0 Å². The van der Waals surface area contributed by atoms with Gasteiger partial charge in [0, 0.05) is 0 Å². The monoisotopic (exact) mass is 280 g/mol. The predicted octanol–water partition coefficient (Wildman–Crippen LogP) is 0.694. The van der Waals surface area contributed by atoms with Crippen molar-refractivity contribution < 1.29 is 27.5 Å². The molecule has 1 atom stereocenters. The number of rotatable bonds is 5. The van der Waals surface area contributed by atoms with Gasteiger partial charge in [0.2, 0.25) is 0 Å². The molecular weight excluding hydrogens is 260 g/mol. The van der Waals surface area contributed by atoms with Crippen LogP contribution in [0.25, 0.3) is 0 Å². The Kier molecular flexibility index (Phi) is 5.79. The summed E-state index contributed by atoms with van der Waals surface area (Å²) < 4.78 is 32.9. The number of ether oxygens (including phenoxy) is 2. The minimum atomic E-state index is -3.71. The third-order valence-corrected chi connectivity index (χ3v) is 4.14. The average Bonchev–Trinajstić information content (AvgIpc) is 2.22. The molecule has 0 fully saturated rings. The van der Waals surface area contributed by atoms with E-state index in [1.54, 1.807) is 20.8 Å². The molecule has 0 radical (unpaired) electrons. The number of methoxy groups -OCH3 is 1. The Morgan fingerprint density at radius 1 is 1.22 bits per heavy atom. The molecule has 18 heavy (non-hydrogen) atoms. The minimum Gasteiger partial charge on any atom is -0.469 e. The van der Waals surface area contributed by atoms with Crippen LogP contribution >= 0.6 is 0 Å². The van der Waals surface area contributed by atoms with E-state index < -0.39 is 38.4 Å². The highest BCUT2D eigenvalue weighted by Crippen LogP contribution is 2.13. The predicted molar refractivity (Wildman–Crippen MR) is 65.7 cm³/mol. The summed E-state index contributed by atoms with van der Waals surface area (Å²) in [5.74, 6) is -1.87. The fourth-order valence-electron chi connectivity index (χ4n) is 1.04. The number of esters is 2. The quantitative estimate of drug-likeness (QED) is 0.689.